The van der Waals surface area contributed by atoms with E-state index in [1.165, 1.54) is 27.6 Å². The van der Waals surface area contributed by atoms with Crippen molar-refractivity contribution in [1.29, 1.82) is 0 Å². The number of hydrogen-bond donors (Lipinski definition) is 0. The summed E-state index contributed by atoms with van der Waals surface area (Å²) < 4.78 is 0. The predicted molar refractivity (Wildman–Crippen MR) is 96.5 cm³/mol. The molecule has 4 rings (SSSR count). The third kappa shape index (κ3) is 2.60. The molecule has 22 heavy (non-hydrogen) atoms. The van der Waals surface area contributed by atoms with Crippen LogP contribution >= 0.6 is 8.58 Å². The Labute approximate surface area is 134 Å². The van der Waals surface area contributed by atoms with E-state index < -0.39 is 0 Å². The van der Waals surface area contributed by atoms with Crippen molar-refractivity contribution >= 4 is 13.9 Å². The number of rotatable bonds is 2. The van der Waals surface area contributed by atoms with Gasteiger partial charge in [-0.05, 0) is 40.4 Å². The first-order valence-corrected chi connectivity index (χ1v) is 8.97. The normalized spacial score (nSPS) is 14.5. The van der Waals surface area contributed by atoms with Gasteiger partial charge in [0.2, 0.25) is 0 Å². The van der Waals surface area contributed by atoms with Crippen molar-refractivity contribution in [2.75, 3.05) is 0 Å². The Bertz CT molecular complexity index is 729. The van der Waals surface area contributed by atoms with Gasteiger partial charge in [0.05, 0.1) is 0 Å². The van der Waals surface area contributed by atoms with Crippen LogP contribution in [0.2, 0.25) is 0 Å². The van der Waals surface area contributed by atoms with E-state index in [2.05, 4.69) is 78.9 Å². The fourth-order valence-electron chi connectivity index (χ4n) is 3.38. The van der Waals surface area contributed by atoms with E-state index in [0.717, 1.165) is 21.4 Å². The predicted octanol–water partition coefficient (Wildman–Crippen LogP) is 4.88. The first-order chi connectivity index (χ1) is 10.9. The smallest absolute Gasteiger partial charge is 0.0310 e. The van der Waals surface area contributed by atoms with E-state index in [-0.39, 0.29) is 0 Å². The SMILES string of the molecule is c1ccc(PC2c3ccccc3CCc3ccccc32)cc1. The van der Waals surface area contributed by atoms with E-state index >= 15 is 0 Å². The zero-order valence-corrected chi connectivity index (χ0v) is 13.5. The van der Waals surface area contributed by atoms with E-state index in [0.29, 0.717) is 5.66 Å². The minimum atomic E-state index is 0.497. The van der Waals surface area contributed by atoms with Crippen LogP contribution in [0.5, 0.6) is 0 Å². The van der Waals surface area contributed by atoms with Gasteiger partial charge in [-0.15, -0.1) is 0 Å². The minimum Gasteiger partial charge on any atom is -0.0781 e. The minimum absolute atomic E-state index is 0.497. The number of benzene rings is 3. The molecule has 3 aromatic rings. The molecule has 1 atom stereocenters. The zero-order valence-electron chi connectivity index (χ0n) is 12.5. The van der Waals surface area contributed by atoms with Crippen LogP contribution in [0.1, 0.15) is 27.9 Å². The first-order valence-electron chi connectivity index (χ1n) is 7.89. The lowest BCUT2D eigenvalue weighted by atomic mass is 10.00. The van der Waals surface area contributed by atoms with Gasteiger partial charge in [0, 0.05) is 5.66 Å². The molecular weight excluding hydrogens is 283 g/mol. The maximum atomic E-state index is 2.33. The summed E-state index contributed by atoms with van der Waals surface area (Å²) in [5.74, 6) is 0. The van der Waals surface area contributed by atoms with Crippen molar-refractivity contribution in [3.63, 3.8) is 0 Å². The summed E-state index contributed by atoms with van der Waals surface area (Å²) in [4.78, 5) is 0. The Hall–Kier alpha value is -1.91. The zero-order chi connectivity index (χ0) is 14.8. The van der Waals surface area contributed by atoms with Crippen LogP contribution in [0.4, 0.5) is 0 Å². The van der Waals surface area contributed by atoms with Gasteiger partial charge < -0.3 is 0 Å². The van der Waals surface area contributed by atoms with Crippen molar-refractivity contribution in [2.24, 2.45) is 0 Å². The highest BCUT2D eigenvalue weighted by Gasteiger charge is 2.23. The lowest BCUT2D eigenvalue weighted by Gasteiger charge is -2.20. The summed E-state index contributed by atoms with van der Waals surface area (Å²) in [5.41, 5.74) is 6.58. The van der Waals surface area contributed by atoms with Gasteiger partial charge in [-0.3, -0.25) is 0 Å². The van der Waals surface area contributed by atoms with Crippen molar-refractivity contribution in [1.82, 2.24) is 0 Å². The molecule has 0 saturated carbocycles. The monoisotopic (exact) mass is 302 g/mol. The first kappa shape index (κ1) is 13.7. The highest BCUT2D eigenvalue weighted by atomic mass is 31.1. The molecule has 0 saturated heterocycles. The van der Waals surface area contributed by atoms with Crippen LogP contribution in [0.3, 0.4) is 0 Å². The highest BCUT2D eigenvalue weighted by molar-refractivity contribution is 7.47. The van der Waals surface area contributed by atoms with Gasteiger partial charge in [0.1, 0.15) is 0 Å². The van der Waals surface area contributed by atoms with Crippen molar-refractivity contribution in [3.05, 3.63) is 101 Å². The second-order valence-electron chi connectivity index (χ2n) is 5.84. The molecular formula is C21H19P. The number of aryl methyl sites for hydroxylation is 2. The third-order valence-corrected chi connectivity index (χ3v) is 6.06. The van der Waals surface area contributed by atoms with Crippen LogP contribution in [0.25, 0.3) is 0 Å². The molecule has 1 aliphatic rings. The molecule has 0 radical (unpaired) electrons. The quantitative estimate of drug-likeness (QED) is 0.592. The third-order valence-electron chi connectivity index (χ3n) is 4.48. The second-order valence-corrected chi connectivity index (χ2v) is 7.28. The van der Waals surface area contributed by atoms with Crippen molar-refractivity contribution in [2.45, 2.75) is 18.5 Å². The average molecular weight is 302 g/mol. The van der Waals surface area contributed by atoms with Crippen molar-refractivity contribution in [3.8, 4) is 0 Å². The molecule has 0 bridgehead atoms. The number of hydrogen-bond acceptors (Lipinski definition) is 0. The van der Waals surface area contributed by atoms with Crippen LogP contribution < -0.4 is 5.30 Å². The van der Waals surface area contributed by atoms with Gasteiger partial charge in [0.15, 0.2) is 0 Å². The van der Waals surface area contributed by atoms with E-state index in [9.17, 15) is 0 Å². The Balaban J connectivity index is 1.84. The van der Waals surface area contributed by atoms with Gasteiger partial charge in [-0.2, -0.15) is 0 Å². The second kappa shape index (κ2) is 6.07. The summed E-state index contributed by atoms with van der Waals surface area (Å²) in [6.07, 6.45) is 2.31. The van der Waals surface area contributed by atoms with Gasteiger partial charge in [-0.1, -0.05) is 87.4 Å². The van der Waals surface area contributed by atoms with Gasteiger partial charge in [-0.25, -0.2) is 0 Å². The molecule has 0 heterocycles. The van der Waals surface area contributed by atoms with Crippen molar-refractivity contribution < 1.29 is 0 Å². The van der Waals surface area contributed by atoms with E-state index in [1.54, 1.807) is 0 Å². The Morgan fingerprint density at radius 3 is 1.68 bits per heavy atom. The number of fused-ring (bicyclic) bond motifs is 2. The maximum Gasteiger partial charge on any atom is 0.0310 e. The molecule has 0 aliphatic heterocycles. The lowest BCUT2D eigenvalue weighted by molar-refractivity contribution is 0.965. The molecule has 1 unspecified atom stereocenters. The summed E-state index contributed by atoms with van der Waals surface area (Å²) >= 11 is 0. The molecule has 0 spiro atoms. The molecule has 1 heteroatoms. The molecule has 3 aromatic carbocycles. The van der Waals surface area contributed by atoms with Gasteiger partial charge >= 0.3 is 0 Å². The fraction of sp³-hybridized carbons (Fsp3) is 0.143. The fourth-order valence-corrected chi connectivity index (χ4v) is 4.97. The molecule has 0 nitrogen and oxygen atoms in total. The van der Waals surface area contributed by atoms with Gasteiger partial charge in [0.25, 0.3) is 0 Å². The summed E-state index contributed by atoms with van der Waals surface area (Å²) in [6.45, 7) is 0. The Morgan fingerprint density at radius 1 is 0.591 bits per heavy atom. The highest BCUT2D eigenvalue weighted by Crippen LogP contribution is 2.44. The van der Waals surface area contributed by atoms with Crippen LogP contribution in [-0.4, -0.2) is 0 Å². The molecule has 0 fully saturated rings. The van der Waals surface area contributed by atoms with E-state index in [1.807, 2.05) is 0 Å². The molecule has 0 amide bonds. The standard InChI is InChI=1S/C21H19P/c1-2-10-18(11-3-1)22-21-19-12-6-4-8-16(19)14-15-17-9-5-7-13-20(17)21/h1-13,21-22H,14-15H2. The average Bonchev–Trinajstić information content (AvgIpc) is 2.74. The molecule has 1 aliphatic carbocycles. The van der Waals surface area contributed by atoms with Crippen LogP contribution in [-0.2, 0) is 12.8 Å². The molecule has 0 aromatic heterocycles. The molecule has 0 N–H and O–H groups in total. The lowest BCUT2D eigenvalue weighted by Crippen LogP contribution is -2.03. The van der Waals surface area contributed by atoms with E-state index in [4.69, 9.17) is 0 Å². The van der Waals surface area contributed by atoms with Crippen LogP contribution in [0.15, 0.2) is 78.9 Å². The molecule has 108 valence electrons. The topological polar surface area (TPSA) is 0 Å². The Kier molecular flexibility index (Phi) is 3.79. The largest absolute Gasteiger partial charge is 0.0781 e. The summed E-state index contributed by atoms with van der Waals surface area (Å²) in [6, 6.07) is 28.9. The van der Waals surface area contributed by atoms with Crippen LogP contribution in [0, 0.1) is 0 Å². The summed E-state index contributed by atoms with van der Waals surface area (Å²) in [5, 5.41) is 1.44. The maximum absolute atomic E-state index is 2.33. The summed E-state index contributed by atoms with van der Waals surface area (Å²) in [7, 11) is 0.783. The Morgan fingerprint density at radius 2 is 1.09 bits per heavy atom.